The Kier molecular flexibility index (Phi) is 5.95. The summed E-state index contributed by atoms with van der Waals surface area (Å²) in [6, 6.07) is 9.16. The van der Waals surface area contributed by atoms with E-state index in [2.05, 4.69) is 15.8 Å². The number of nitrogens with zero attached hydrogens (tertiary/aromatic N) is 4. The van der Waals surface area contributed by atoms with Crippen molar-refractivity contribution in [2.24, 2.45) is 0 Å². The molecule has 4 heterocycles. The summed E-state index contributed by atoms with van der Waals surface area (Å²) in [4.78, 5) is 24.7. The molecule has 0 radical (unpaired) electrons. The van der Waals surface area contributed by atoms with Crippen LogP contribution in [0.5, 0.6) is 5.75 Å². The lowest BCUT2D eigenvalue weighted by atomic mass is 9.97. The molecule has 33 heavy (non-hydrogen) atoms. The number of hydrogen-bond acceptors (Lipinski definition) is 8. The lowest BCUT2D eigenvalue weighted by Crippen LogP contribution is -2.38. The van der Waals surface area contributed by atoms with Gasteiger partial charge in [-0.3, -0.25) is 4.79 Å². The van der Waals surface area contributed by atoms with Gasteiger partial charge in [0.1, 0.15) is 17.4 Å². The van der Waals surface area contributed by atoms with Gasteiger partial charge < -0.3 is 24.8 Å². The minimum absolute atomic E-state index is 0.163. The molecule has 9 heteroatoms. The van der Waals surface area contributed by atoms with E-state index in [0.717, 1.165) is 54.4 Å². The van der Waals surface area contributed by atoms with Gasteiger partial charge in [-0.05, 0) is 37.9 Å². The summed E-state index contributed by atoms with van der Waals surface area (Å²) in [6.45, 7) is 2.93. The third-order valence-electron chi connectivity index (χ3n) is 6.35. The molecule has 2 aliphatic heterocycles. The van der Waals surface area contributed by atoms with Gasteiger partial charge in [-0.1, -0.05) is 17.3 Å². The molecule has 0 aliphatic carbocycles. The van der Waals surface area contributed by atoms with E-state index < -0.39 is 0 Å². The molecule has 2 aromatic heterocycles. The van der Waals surface area contributed by atoms with Crippen molar-refractivity contribution in [2.45, 2.75) is 31.7 Å². The van der Waals surface area contributed by atoms with E-state index in [0.29, 0.717) is 36.9 Å². The fourth-order valence-corrected chi connectivity index (χ4v) is 4.53. The van der Waals surface area contributed by atoms with Crippen molar-refractivity contribution < 1.29 is 14.1 Å². The van der Waals surface area contributed by atoms with Crippen LogP contribution in [0.1, 0.15) is 46.3 Å². The van der Waals surface area contributed by atoms with Crippen LogP contribution in [0.15, 0.2) is 34.9 Å². The van der Waals surface area contributed by atoms with Crippen molar-refractivity contribution in [3.05, 3.63) is 53.1 Å². The minimum atomic E-state index is -0.163. The summed E-state index contributed by atoms with van der Waals surface area (Å²) in [5.74, 6) is 3.10. The summed E-state index contributed by atoms with van der Waals surface area (Å²) >= 11 is 0. The zero-order chi connectivity index (χ0) is 22.8. The molecule has 9 nitrogen and oxygen atoms in total. The number of piperidine rings is 1. The van der Waals surface area contributed by atoms with Crippen molar-refractivity contribution in [3.8, 4) is 17.1 Å². The van der Waals surface area contributed by atoms with Crippen LogP contribution in [0.3, 0.4) is 0 Å². The Balaban J connectivity index is 1.37. The van der Waals surface area contributed by atoms with Crippen molar-refractivity contribution in [1.82, 2.24) is 25.3 Å². The van der Waals surface area contributed by atoms with Crippen LogP contribution in [-0.4, -0.2) is 59.7 Å². The number of amides is 1. The Hall–Kier alpha value is -3.46. The number of benzene rings is 1. The quantitative estimate of drug-likeness (QED) is 0.614. The SMILES string of the molecule is CNc1nc([C@H]2CCCNC2)nc2c1CCN(C(=O)c1cc(-c3cccc(OC)c3)on1)C2. The summed E-state index contributed by atoms with van der Waals surface area (Å²) in [5, 5.41) is 10.7. The average Bonchev–Trinajstić information content (AvgIpc) is 3.38. The predicted octanol–water partition coefficient (Wildman–Crippen LogP) is 2.85. The number of nitrogens with one attached hydrogen (secondary N) is 2. The van der Waals surface area contributed by atoms with Gasteiger partial charge in [-0.25, -0.2) is 9.97 Å². The number of carbonyl (C=O) groups excluding carboxylic acids is 1. The molecule has 2 N–H and O–H groups in total. The highest BCUT2D eigenvalue weighted by atomic mass is 16.5. The third kappa shape index (κ3) is 4.28. The van der Waals surface area contributed by atoms with Crippen LogP contribution >= 0.6 is 0 Å². The Morgan fingerprint density at radius 2 is 2.21 bits per heavy atom. The van der Waals surface area contributed by atoms with Crippen LogP contribution in [-0.2, 0) is 13.0 Å². The topological polar surface area (TPSA) is 105 Å². The molecule has 1 atom stereocenters. The van der Waals surface area contributed by atoms with Gasteiger partial charge in [0, 0.05) is 43.2 Å². The fraction of sp³-hybridized carbons (Fsp3) is 0.417. The molecule has 1 aromatic carbocycles. The Labute approximate surface area is 192 Å². The normalized spacial score (nSPS) is 18.0. The summed E-state index contributed by atoms with van der Waals surface area (Å²) in [7, 11) is 3.50. The van der Waals surface area contributed by atoms with Crippen molar-refractivity contribution in [1.29, 1.82) is 0 Å². The first-order valence-electron chi connectivity index (χ1n) is 11.3. The van der Waals surface area contributed by atoms with Crippen molar-refractivity contribution >= 4 is 11.7 Å². The Morgan fingerprint density at radius 3 is 3.00 bits per heavy atom. The van der Waals surface area contributed by atoms with Crippen LogP contribution in [0.25, 0.3) is 11.3 Å². The number of carbonyl (C=O) groups is 1. The second-order valence-electron chi connectivity index (χ2n) is 8.43. The number of aromatic nitrogens is 3. The van der Waals surface area contributed by atoms with Crippen LogP contribution in [0.4, 0.5) is 5.82 Å². The van der Waals surface area contributed by atoms with Gasteiger partial charge in [0.05, 0.1) is 19.3 Å². The molecular weight excluding hydrogens is 420 g/mol. The number of methoxy groups -OCH3 is 1. The van der Waals surface area contributed by atoms with Gasteiger partial charge in [0.2, 0.25) is 0 Å². The molecule has 0 spiro atoms. The first-order valence-corrected chi connectivity index (χ1v) is 11.3. The number of anilines is 1. The minimum Gasteiger partial charge on any atom is -0.497 e. The van der Waals surface area contributed by atoms with E-state index >= 15 is 0 Å². The molecule has 5 rings (SSSR count). The van der Waals surface area contributed by atoms with E-state index in [-0.39, 0.29) is 11.6 Å². The first kappa shape index (κ1) is 21.4. The molecule has 0 unspecified atom stereocenters. The molecule has 2 aliphatic rings. The zero-order valence-corrected chi connectivity index (χ0v) is 18.9. The fourth-order valence-electron chi connectivity index (χ4n) is 4.53. The number of hydrogen-bond donors (Lipinski definition) is 2. The maximum absolute atomic E-state index is 13.2. The van der Waals surface area contributed by atoms with Crippen molar-refractivity contribution in [2.75, 3.05) is 39.1 Å². The third-order valence-corrected chi connectivity index (χ3v) is 6.35. The maximum atomic E-state index is 13.2. The molecule has 1 saturated heterocycles. The molecule has 1 amide bonds. The first-order chi connectivity index (χ1) is 16.2. The van der Waals surface area contributed by atoms with Crippen LogP contribution < -0.4 is 15.4 Å². The summed E-state index contributed by atoms with van der Waals surface area (Å²) in [6.07, 6.45) is 2.89. The van der Waals surface area contributed by atoms with E-state index in [4.69, 9.17) is 19.2 Å². The highest BCUT2D eigenvalue weighted by Crippen LogP contribution is 2.29. The molecule has 3 aromatic rings. The number of rotatable bonds is 5. The largest absolute Gasteiger partial charge is 0.497 e. The Morgan fingerprint density at radius 1 is 1.30 bits per heavy atom. The van der Waals surface area contributed by atoms with Gasteiger partial charge in [-0.2, -0.15) is 0 Å². The molecule has 0 bridgehead atoms. The highest BCUT2D eigenvalue weighted by Gasteiger charge is 2.29. The van der Waals surface area contributed by atoms with E-state index in [1.54, 1.807) is 18.1 Å². The molecule has 172 valence electrons. The summed E-state index contributed by atoms with van der Waals surface area (Å²) < 4.78 is 10.7. The molecule has 1 fully saturated rings. The smallest absolute Gasteiger partial charge is 0.276 e. The average molecular weight is 449 g/mol. The molecular formula is C24H28N6O3. The maximum Gasteiger partial charge on any atom is 0.276 e. The number of ether oxygens (including phenoxy) is 1. The second-order valence-corrected chi connectivity index (χ2v) is 8.43. The van der Waals surface area contributed by atoms with E-state index in [9.17, 15) is 4.79 Å². The highest BCUT2D eigenvalue weighted by molar-refractivity contribution is 5.93. The lowest BCUT2D eigenvalue weighted by molar-refractivity contribution is 0.0721. The van der Waals surface area contributed by atoms with E-state index in [1.165, 1.54) is 0 Å². The monoisotopic (exact) mass is 448 g/mol. The van der Waals surface area contributed by atoms with Crippen LogP contribution in [0.2, 0.25) is 0 Å². The van der Waals surface area contributed by atoms with Crippen molar-refractivity contribution in [3.63, 3.8) is 0 Å². The van der Waals surface area contributed by atoms with Gasteiger partial charge >= 0.3 is 0 Å². The van der Waals surface area contributed by atoms with Gasteiger partial charge in [0.25, 0.3) is 5.91 Å². The van der Waals surface area contributed by atoms with Gasteiger partial charge in [0.15, 0.2) is 11.5 Å². The number of fused-ring (bicyclic) bond motifs is 1. The lowest BCUT2D eigenvalue weighted by Gasteiger charge is -2.30. The summed E-state index contributed by atoms with van der Waals surface area (Å²) in [5.41, 5.74) is 3.09. The zero-order valence-electron chi connectivity index (χ0n) is 18.9. The predicted molar refractivity (Wildman–Crippen MR) is 123 cm³/mol. The van der Waals surface area contributed by atoms with E-state index in [1.807, 2.05) is 31.3 Å². The molecule has 0 saturated carbocycles. The second kappa shape index (κ2) is 9.19. The van der Waals surface area contributed by atoms with Gasteiger partial charge in [-0.15, -0.1) is 0 Å². The standard InChI is InChI=1S/C24H28N6O3/c1-25-23-18-8-10-30(14-20(18)27-22(28-23)16-6-4-9-26-13-16)24(31)19-12-21(33-29-19)15-5-3-7-17(11-15)32-2/h3,5,7,11-12,16,26H,4,6,8-10,13-14H2,1-2H3,(H,25,27,28)/t16-/m0/s1. The Bertz CT molecular complexity index is 1150. The van der Waals surface area contributed by atoms with Crippen LogP contribution in [0, 0.1) is 0 Å².